The number of pyridine rings is 1. The van der Waals surface area contributed by atoms with Crippen LogP contribution in [0.15, 0.2) is 65.5 Å². The van der Waals surface area contributed by atoms with Crippen molar-refractivity contribution < 1.29 is 14.3 Å². The first-order chi connectivity index (χ1) is 17.3. The highest BCUT2D eigenvalue weighted by Gasteiger charge is 2.20. The highest BCUT2D eigenvalue weighted by Crippen LogP contribution is 2.32. The van der Waals surface area contributed by atoms with E-state index in [1.165, 1.54) is 7.11 Å². The van der Waals surface area contributed by atoms with Crippen LogP contribution in [0.2, 0.25) is 0 Å². The second-order valence-corrected chi connectivity index (χ2v) is 9.98. The van der Waals surface area contributed by atoms with Gasteiger partial charge in [0.1, 0.15) is 17.9 Å². The Morgan fingerprint density at radius 3 is 2.33 bits per heavy atom. The zero-order valence-corrected chi connectivity index (χ0v) is 21.6. The van der Waals surface area contributed by atoms with Crippen LogP contribution in [0.3, 0.4) is 0 Å². The lowest BCUT2D eigenvalue weighted by Gasteiger charge is -2.19. The molecule has 0 spiro atoms. The third kappa shape index (κ3) is 5.38. The van der Waals surface area contributed by atoms with Crippen molar-refractivity contribution in [2.24, 2.45) is 11.8 Å². The first kappa shape index (κ1) is 25.3. The number of esters is 1. The third-order valence-corrected chi connectivity index (χ3v) is 6.08. The van der Waals surface area contributed by atoms with E-state index in [0.29, 0.717) is 41.3 Å². The molecule has 4 rings (SSSR count). The van der Waals surface area contributed by atoms with Crippen LogP contribution < -0.4 is 15.6 Å². The molecule has 6 nitrogen and oxygen atoms in total. The van der Waals surface area contributed by atoms with Gasteiger partial charge < -0.3 is 19.4 Å². The largest absolute Gasteiger partial charge is 0.488 e. The van der Waals surface area contributed by atoms with Crippen molar-refractivity contribution in [2.75, 3.05) is 19.0 Å². The number of aromatic nitrogens is 1. The second-order valence-electron chi connectivity index (χ2n) is 9.98. The maximum absolute atomic E-state index is 13.7. The van der Waals surface area contributed by atoms with Crippen molar-refractivity contribution in [1.29, 1.82) is 0 Å². The van der Waals surface area contributed by atoms with Gasteiger partial charge in [-0.15, -0.1) is 0 Å². The molecule has 0 aliphatic heterocycles. The van der Waals surface area contributed by atoms with E-state index in [1.807, 2.05) is 54.6 Å². The van der Waals surface area contributed by atoms with Crippen LogP contribution in [0.1, 0.15) is 43.6 Å². The molecule has 1 N–H and O–H groups in total. The Hall–Kier alpha value is -3.80. The van der Waals surface area contributed by atoms with E-state index < -0.39 is 5.97 Å². The molecule has 0 amide bonds. The molecule has 1 heterocycles. The molecule has 188 valence electrons. The molecular formula is C30H34N2O4. The fraction of sp³-hybridized carbons (Fsp3) is 0.333. The number of anilines is 1. The highest BCUT2D eigenvalue weighted by atomic mass is 16.5. The summed E-state index contributed by atoms with van der Waals surface area (Å²) < 4.78 is 13.0. The van der Waals surface area contributed by atoms with Crippen LogP contribution >= 0.6 is 0 Å². The van der Waals surface area contributed by atoms with Gasteiger partial charge in [-0.25, -0.2) is 4.79 Å². The summed E-state index contributed by atoms with van der Waals surface area (Å²) in [7, 11) is 1.35. The number of fused-ring (bicyclic) bond motifs is 3. The Labute approximate surface area is 211 Å². The molecule has 6 heteroatoms. The summed E-state index contributed by atoms with van der Waals surface area (Å²) >= 11 is 0. The summed E-state index contributed by atoms with van der Waals surface area (Å²) in [6.07, 6.45) is 0. The molecule has 0 fully saturated rings. The molecule has 4 aromatic rings. The minimum atomic E-state index is -0.503. The number of nitrogens with one attached hydrogen (secondary N) is 1. The van der Waals surface area contributed by atoms with Crippen LogP contribution in [-0.2, 0) is 17.9 Å². The van der Waals surface area contributed by atoms with Gasteiger partial charge in [0.15, 0.2) is 0 Å². The fourth-order valence-corrected chi connectivity index (χ4v) is 4.32. The van der Waals surface area contributed by atoms with E-state index in [9.17, 15) is 9.59 Å². The average Bonchev–Trinajstić information content (AvgIpc) is 2.88. The topological polar surface area (TPSA) is 69.6 Å². The highest BCUT2D eigenvalue weighted by molar-refractivity contribution is 6.09. The first-order valence-corrected chi connectivity index (χ1v) is 12.4. The monoisotopic (exact) mass is 486 g/mol. The van der Waals surface area contributed by atoms with Gasteiger partial charge in [-0.05, 0) is 47.1 Å². The average molecular weight is 487 g/mol. The standard InChI is InChI=1S/C30H34N2O4/c1-19(2)16-31-22-11-12-23-24-15-28(36-18-21-9-7-6-8-10-21)26(30(34)35-5)14-27(24)32(17-20(3)4)29(33)25(23)13-22/h6-15,19-20,31H,16-18H2,1-5H3. The minimum absolute atomic E-state index is 0.0758. The van der Waals surface area contributed by atoms with Gasteiger partial charge >= 0.3 is 5.97 Å². The molecule has 36 heavy (non-hydrogen) atoms. The van der Waals surface area contributed by atoms with E-state index in [1.54, 1.807) is 10.6 Å². The lowest BCUT2D eigenvalue weighted by atomic mass is 10.0. The van der Waals surface area contributed by atoms with Crippen LogP contribution in [0.25, 0.3) is 21.7 Å². The summed E-state index contributed by atoms with van der Waals surface area (Å²) in [5.41, 5.74) is 2.82. The second kappa shape index (κ2) is 10.9. The van der Waals surface area contributed by atoms with Gasteiger partial charge in [0, 0.05) is 29.5 Å². The van der Waals surface area contributed by atoms with Gasteiger partial charge in [-0.1, -0.05) is 64.1 Å². The number of benzene rings is 3. The Morgan fingerprint density at radius 2 is 1.67 bits per heavy atom. The molecule has 3 aromatic carbocycles. The smallest absolute Gasteiger partial charge is 0.341 e. The SMILES string of the molecule is COC(=O)c1cc2c(cc1OCc1ccccc1)c1ccc(NCC(C)C)cc1c(=O)n2CC(C)C. The number of nitrogens with zero attached hydrogens (tertiary/aromatic N) is 1. The summed E-state index contributed by atoms with van der Waals surface area (Å²) in [6, 6.07) is 19.3. The Bertz CT molecular complexity index is 1440. The summed E-state index contributed by atoms with van der Waals surface area (Å²) in [4.78, 5) is 26.4. The quantitative estimate of drug-likeness (QED) is 0.224. The van der Waals surface area contributed by atoms with Crippen molar-refractivity contribution in [3.05, 3.63) is 82.1 Å². The number of hydrogen-bond donors (Lipinski definition) is 1. The number of carbonyl (C=O) groups is 1. The van der Waals surface area contributed by atoms with Crippen molar-refractivity contribution >= 4 is 33.3 Å². The maximum Gasteiger partial charge on any atom is 0.341 e. The summed E-state index contributed by atoms with van der Waals surface area (Å²) in [6.45, 7) is 10.1. The van der Waals surface area contributed by atoms with Crippen LogP contribution in [0.4, 0.5) is 5.69 Å². The molecular weight excluding hydrogens is 452 g/mol. The van der Waals surface area contributed by atoms with Crippen molar-refractivity contribution in [3.8, 4) is 5.75 Å². The molecule has 1 aromatic heterocycles. The zero-order valence-electron chi connectivity index (χ0n) is 21.6. The first-order valence-electron chi connectivity index (χ1n) is 12.4. The predicted octanol–water partition coefficient (Wildman–Crippen LogP) is 6.24. The van der Waals surface area contributed by atoms with Crippen LogP contribution in [-0.4, -0.2) is 24.2 Å². The van der Waals surface area contributed by atoms with Gasteiger partial charge in [-0.3, -0.25) is 4.79 Å². The third-order valence-electron chi connectivity index (χ3n) is 6.08. The van der Waals surface area contributed by atoms with E-state index >= 15 is 0 Å². The summed E-state index contributed by atoms with van der Waals surface area (Å²) in [5, 5.41) is 5.74. The van der Waals surface area contributed by atoms with E-state index in [2.05, 4.69) is 33.0 Å². The number of rotatable bonds is 9. The molecule has 0 saturated heterocycles. The van der Waals surface area contributed by atoms with Gasteiger partial charge in [0.25, 0.3) is 5.56 Å². The molecule has 0 saturated carbocycles. The molecule has 0 unspecified atom stereocenters. The number of carbonyl (C=O) groups excluding carboxylic acids is 1. The lowest BCUT2D eigenvalue weighted by Crippen LogP contribution is -2.24. The van der Waals surface area contributed by atoms with Crippen molar-refractivity contribution in [1.82, 2.24) is 4.57 Å². The maximum atomic E-state index is 13.7. The predicted molar refractivity (Wildman–Crippen MR) is 146 cm³/mol. The van der Waals surface area contributed by atoms with Crippen molar-refractivity contribution in [2.45, 2.75) is 40.8 Å². The Morgan fingerprint density at radius 1 is 0.917 bits per heavy atom. The van der Waals surface area contributed by atoms with E-state index in [-0.39, 0.29) is 11.5 Å². The summed E-state index contributed by atoms with van der Waals surface area (Å²) in [5.74, 6) is 0.644. The molecule has 0 aliphatic rings. The van der Waals surface area contributed by atoms with Crippen LogP contribution in [0, 0.1) is 11.8 Å². The fourth-order valence-electron chi connectivity index (χ4n) is 4.32. The molecule has 0 aliphatic carbocycles. The molecule has 0 bridgehead atoms. The zero-order chi connectivity index (χ0) is 25.8. The van der Waals surface area contributed by atoms with E-state index in [0.717, 1.165) is 28.6 Å². The van der Waals surface area contributed by atoms with Crippen LogP contribution in [0.5, 0.6) is 5.75 Å². The van der Waals surface area contributed by atoms with Gasteiger partial charge in [0.2, 0.25) is 0 Å². The number of methoxy groups -OCH3 is 1. The number of hydrogen-bond acceptors (Lipinski definition) is 5. The normalized spacial score (nSPS) is 11.4. The Balaban J connectivity index is 1.94. The van der Waals surface area contributed by atoms with E-state index in [4.69, 9.17) is 9.47 Å². The lowest BCUT2D eigenvalue weighted by molar-refractivity contribution is 0.0595. The Kier molecular flexibility index (Phi) is 7.63. The van der Waals surface area contributed by atoms with Gasteiger partial charge in [0.05, 0.1) is 12.6 Å². The van der Waals surface area contributed by atoms with Crippen molar-refractivity contribution in [3.63, 3.8) is 0 Å². The molecule has 0 atom stereocenters. The molecule has 0 radical (unpaired) electrons. The van der Waals surface area contributed by atoms with Gasteiger partial charge in [-0.2, -0.15) is 0 Å². The number of ether oxygens (including phenoxy) is 2. The minimum Gasteiger partial charge on any atom is -0.488 e.